The smallest absolute Gasteiger partial charge is 0.319 e. The molecule has 116 valence electrons. The van der Waals surface area contributed by atoms with Gasteiger partial charge in [-0.25, -0.2) is 4.98 Å². The SMILES string of the molecule is CCOC(=O)C(CC)Sc1nc(-c2ccccc2)cc(=O)[nH]1. The van der Waals surface area contributed by atoms with Crippen molar-refractivity contribution < 1.29 is 9.53 Å². The number of esters is 1. The number of carbonyl (C=O) groups excluding carboxylic acids is 1. The summed E-state index contributed by atoms with van der Waals surface area (Å²) in [6, 6.07) is 10.9. The monoisotopic (exact) mass is 318 g/mol. The number of rotatable bonds is 6. The van der Waals surface area contributed by atoms with E-state index in [0.29, 0.717) is 23.9 Å². The number of H-pyrrole nitrogens is 1. The van der Waals surface area contributed by atoms with Gasteiger partial charge in [-0.3, -0.25) is 9.59 Å². The quantitative estimate of drug-likeness (QED) is 0.504. The van der Waals surface area contributed by atoms with Gasteiger partial charge in [0, 0.05) is 11.6 Å². The Morgan fingerprint density at radius 3 is 2.68 bits per heavy atom. The average molecular weight is 318 g/mol. The fourth-order valence-electron chi connectivity index (χ4n) is 1.92. The topological polar surface area (TPSA) is 72.0 Å². The van der Waals surface area contributed by atoms with Crippen LogP contribution in [0.25, 0.3) is 11.3 Å². The van der Waals surface area contributed by atoms with Crippen molar-refractivity contribution in [3.8, 4) is 11.3 Å². The Morgan fingerprint density at radius 1 is 1.32 bits per heavy atom. The molecule has 0 amide bonds. The van der Waals surface area contributed by atoms with Crippen molar-refractivity contribution in [2.75, 3.05) is 6.61 Å². The van der Waals surface area contributed by atoms with Crippen molar-refractivity contribution in [2.45, 2.75) is 30.7 Å². The van der Waals surface area contributed by atoms with E-state index in [1.807, 2.05) is 37.3 Å². The molecule has 0 aliphatic rings. The van der Waals surface area contributed by atoms with E-state index >= 15 is 0 Å². The first-order valence-electron chi connectivity index (χ1n) is 7.14. The number of benzene rings is 1. The Balaban J connectivity index is 2.27. The molecule has 1 atom stereocenters. The zero-order valence-corrected chi connectivity index (χ0v) is 13.4. The molecule has 1 aromatic heterocycles. The van der Waals surface area contributed by atoms with Gasteiger partial charge in [-0.1, -0.05) is 49.0 Å². The van der Waals surface area contributed by atoms with Gasteiger partial charge < -0.3 is 9.72 Å². The summed E-state index contributed by atoms with van der Waals surface area (Å²) in [5, 5.41) is 0.0420. The Hall–Kier alpha value is -2.08. The number of hydrogen-bond acceptors (Lipinski definition) is 5. The van der Waals surface area contributed by atoms with Crippen molar-refractivity contribution in [2.24, 2.45) is 0 Å². The van der Waals surface area contributed by atoms with Crippen molar-refractivity contribution in [1.29, 1.82) is 0 Å². The van der Waals surface area contributed by atoms with Crippen LogP contribution in [-0.2, 0) is 9.53 Å². The van der Waals surface area contributed by atoms with Crippen molar-refractivity contribution in [3.63, 3.8) is 0 Å². The number of aromatic amines is 1. The maximum Gasteiger partial charge on any atom is 0.319 e. The lowest BCUT2D eigenvalue weighted by Crippen LogP contribution is -2.20. The molecule has 0 spiro atoms. The molecule has 1 heterocycles. The van der Waals surface area contributed by atoms with Crippen LogP contribution in [-0.4, -0.2) is 27.8 Å². The number of nitrogens with zero attached hydrogens (tertiary/aromatic N) is 1. The van der Waals surface area contributed by atoms with E-state index < -0.39 is 0 Å². The van der Waals surface area contributed by atoms with Crippen LogP contribution in [0.3, 0.4) is 0 Å². The number of aromatic nitrogens is 2. The van der Waals surface area contributed by atoms with Gasteiger partial charge in [0.2, 0.25) is 0 Å². The lowest BCUT2D eigenvalue weighted by Gasteiger charge is -2.12. The summed E-state index contributed by atoms with van der Waals surface area (Å²) in [4.78, 5) is 30.8. The van der Waals surface area contributed by atoms with Gasteiger partial charge in [-0.2, -0.15) is 0 Å². The van der Waals surface area contributed by atoms with Crippen molar-refractivity contribution >= 4 is 17.7 Å². The van der Waals surface area contributed by atoms with Gasteiger partial charge in [0.15, 0.2) is 5.16 Å². The number of thioether (sulfide) groups is 1. The maximum absolute atomic E-state index is 11.9. The molecule has 0 fully saturated rings. The molecule has 0 saturated heterocycles. The second-order valence-electron chi connectivity index (χ2n) is 4.57. The second kappa shape index (κ2) is 7.79. The third kappa shape index (κ3) is 4.21. The minimum absolute atomic E-state index is 0.241. The average Bonchev–Trinajstić information content (AvgIpc) is 2.53. The highest BCUT2D eigenvalue weighted by molar-refractivity contribution is 8.00. The Labute approximate surface area is 133 Å². The molecule has 0 bridgehead atoms. The van der Waals surface area contributed by atoms with Crippen LogP contribution in [0.4, 0.5) is 0 Å². The van der Waals surface area contributed by atoms with Crippen LogP contribution in [0.5, 0.6) is 0 Å². The summed E-state index contributed by atoms with van der Waals surface area (Å²) in [6.07, 6.45) is 0.600. The predicted octanol–water partition coefficient (Wildman–Crippen LogP) is 2.87. The number of nitrogens with one attached hydrogen (secondary N) is 1. The lowest BCUT2D eigenvalue weighted by molar-refractivity contribution is -0.142. The van der Waals surface area contributed by atoms with Gasteiger partial charge in [0.25, 0.3) is 5.56 Å². The standard InChI is InChI=1S/C16H18N2O3S/c1-3-13(15(20)21-4-2)22-16-17-12(10-14(19)18-16)11-8-6-5-7-9-11/h5-10,13H,3-4H2,1-2H3,(H,17,18,19). The highest BCUT2D eigenvalue weighted by Gasteiger charge is 2.20. The number of carbonyl (C=O) groups is 1. The highest BCUT2D eigenvalue weighted by Crippen LogP contribution is 2.24. The zero-order chi connectivity index (χ0) is 15.9. The van der Waals surface area contributed by atoms with Gasteiger partial charge in [0.05, 0.1) is 12.3 Å². The lowest BCUT2D eigenvalue weighted by atomic mass is 10.1. The van der Waals surface area contributed by atoms with E-state index in [1.54, 1.807) is 6.92 Å². The fourth-order valence-corrected chi connectivity index (χ4v) is 2.83. The number of ether oxygens (including phenoxy) is 1. The van der Waals surface area contributed by atoms with Crippen LogP contribution in [0.2, 0.25) is 0 Å². The number of hydrogen-bond donors (Lipinski definition) is 1. The Bertz CT molecular complexity index is 685. The molecule has 2 aromatic rings. The largest absolute Gasteiger partial charge is 0.465 e. The van der Waals surface area contributed by atoms with E-state index in [1.165, 1.54) is 17.8 Å². The van der Waals surface area contributed by atoms with E-state index in [2.05, 4.69) is 9.97 Å². The summed E-state index contributed by atoms with van der Waals surface area (Å²) in [7, 11) is 0. The molecule has 1 N–H and O–H groups in total. The van der Waals surface area contributed by atoms with Crippen molar-refractivity contribution in [1.82, 2.24) is 9.97 Å². The van der Waals surface area contributed by atoms with Crippen molar-refractivity contribution in [3.05, 3.63) is 46.8 Å². The summed E-state index contributed by atoms with van der Waals surface area (Å²) >= 11 is 1.22. The van der Waals surface area contributed by atoms with Gasteiger partial charge >= 0.3 is 5.97 Å². The molecular formula is C16H18N2O3S. The Kier molecular flexibility index (Phi) is 5.77. The third-order valence-electron chi connectivity index (χ3n) is 2.96. The highest BCUT2D eigenvalue weighted by atomic mass is 32.2. The fraction of sp³-hybridized carbons (Fsp3) is 0.312. The predicted molar refractivity (Wildman–Crippen MR) is 86.9 cm³/mol. The molecule has 0 aliphatic heterocycles. The van der Waals surface area contributed by atoms with Gasteiger partial charge in [0.1, 0.15) is 5.25 Å². The molecule has 0 aliphatic carbocycles. The summed E-state index contributed by atoms with van der Waals surface area (Å²) < 4.78 is 5.03. The van der Waals surface area contributed by atoms with E-state index in [4.69, 9.17) is 4.74 Å². The van der Waals surface area contributed by atoms with Crippen LogP contribution >= 0.6 is 11.8 Å². The molecule has 2 rings (SSSR count). The molecule has 1 unspecified atom stereocenters. The van der Waals surface area contributed by atoms with Gasteiger partial charge in [-0.15, -0.1) is 0 Å². The minimum atomic E-state index is -0.380. The molecular weight excluding hydrogens is 300 g/mol. The summed E-state index contributed by atoms with van der Waals surface area (Å²) in [5.74, 6) is -0.289. The molecule has 6 heteroatoms. The Morgan fingerprint density at radius 2 is 2.05 bits per heavy atom. The first kappa shape index (κ1) is 16.3. The van der Waals surface area contributed by atoms with E-state index in [-0.39, 0.29) is 16.8 Å². The summed E-state index contributed by atoms with van der Waals surface area (Å²) in [6.45, 7) is 4.00. The van der Waals surface area contributed by atoms with Crippen LogP contribution in [0, 0.1) is 0 Å². The van der Waals surface area contributed by atoms with E-state index in [0.717, 1.165) is 5.56 Å². The maximum atomic E-state index is 11.9. The van der Waals surface area contributed by atoms with E-state index in [9.17, 15) is 9.59 Å². The first-order chi connectivity index (χ1) is 10.6. The van der Waals surface area contributed by atoms with Crippen LogP contribution in [0.1, 0.15) is 20.3 Å². The molecule has 0 radical (unpaired) electrons. The first-order valence-corrected chi connectivity index (χ1v) is 8.02. The summed E-state index contributed by atoms with van der Waals surface area (Å²) in [5.41, 5.74) is 1.21. The second-order valence-corrected chi connectivity index (χ2v) is 5.76. The molecule has 0 saturated carbocycles. The normalized spacial score (nSPS) is 11.9. The zero-order valence-electron chi connectivity index (χ0n) is 12.5. The third-order valence-corrected chi connectivity index (χ3v) is 4.19. The minimum Gasteiger partial charge on any atom is -0.465 e. The molecule has 5 nitrogen and oxygen atoms in total. The van der Waals surface area contributed by atoms with Gasteiger partial charge in [-0.05, 0) is 13.3 Å². The molecule has 1 aromatic carbocycles. The molecule has 22 heavy (non-hydrogen) atoms. The van der Waals surface area contributed by atoms with Crippen LogP contribution < -0.4 is 5.56 Å². The van der Waals surface area contributed by atoms with Crippen LogP contribution in [0.15, 0.2) is 46.3 Å².